The molecule has 2 aromatic rings. The predicted octanol–water partition coefficient (Wildman–Crippen LogP) is 3.61. The van der Waals surface area contributed by atoms with Crippen LogP contribution in [0.4, 0.5) is 17.5 Å². The first-order valence-corrected chi connectivity index (χ1v) is 8.33. The first-order valence-electron chi connectivity index (χ1n) is 8.33. The lowest BCUT2D eigenvalue weighted by Crippen LogP contribution is -2.26. The van der Waals surface area contributed by atoms with Crippen molar-refractivity contribution < 1.29 is 9.90 Å². The molecule has 0 bridgehead atoms. The van der Waals surface area contributed by atoms with E-state index in [1.807, 2.05) is 13.0 Å². The molecule has 1 aliphatic rings. The lowest BCUT2D eigenvalue weighted by Gasteiger charge is -2.21. The number of hydrogen-bond acceptors (Lipinski definition) is 5. The van der Waals surface area contributed by atoms with Crippen molar-refractivity contribution in [1.82, 2.24) is 9.97 Å². The van der Waals surface area contributed by atoms with Gasteiger partial charge in [-0.15, -0.1) is 0 Å². The van der Waals surface area contributed by atoms with Crippen LogP contribution in [0.2, 0.25) is 0 Å². The number of carboxylic acid groups (broad SMARTS) is 1. The first-order chi connectivity index (χ1) is 11.6. The van der Waals surface area contributed by atoms with Crippen molar-refractivity contribution in [3.8, 4) is 0 Å². The van der Waals surface area contributed by atoms with Gasteiger partial charge < -0.3 is 15.3 Å². The Morgan fingerprint density at radius 1 is 1.08 bits per heavy atom. The van der Waals surface area contributed by atoms with Gasteiger partial charge in [-0.2, -0.15) is 4.98 Å². The Bertz CT molecular complexity index is 707. The van der Waals surface area contributed by atoms with E-state index in [0.29, 0.717) is 0 Å². The summed E-state index contributed by atoms with van der Waals surface area (Å²) in [5, 5.41) is 12.2. The topological polar surface area (TPSA) is 78.3 Å². The van der Waals surface area contributed by atoms with Gasteiger partial charge in [0.15, 0.2) is 0 Å². The van der Waals surface area contributed by atoms with Gasteiger partial charge in [-0.05, 0) is 44.0 Å². The molecule has 1 saturated heterocycles. The van der Waals surface area contributed by atoms with Gasteiger partial charge in [-0.3, -0.25) is 0 Å². The summed E-state index contributed by atoms with van der Waals surface area (Å²) in [6.07, 6.45) is 4.89. The van der Waals surface area contributed by atoms with Gasteiger partial charge in [0.2, 0.25) is 5.95 Å². The van der Waals surface area contributed by atoms with Crippen LogP contribution in [-0.4, -0.2) is 34.1 Å². The second-order valence-electron chi connectivity index (χ2n) is 6.10. The standard InChI is InChI=1S/C18H22N4O2/c1-13-12-16(20-15-8-6-14(7-9-15)17(23)24)21-18(19-13)22-10-4-2-3-5-11-22/h6-9,12H,2-5,10-11H2,1H3,(H,23,24)(H,19,20,21). The summed E-state index contributed by atoms with van der Waals surface area (Å²) >= 11 is 0. The van der Waals surface area contributed by atoms with Crippen LogP contribution >= 0.6 is 0 Å². The number of carboxylic acids is 1. The highest BCUT2D eigenvalue weighted by atomic mass is 16.4. The van der Waals surface area contributed by atoms with E-state index in [2.05, 4.69) is 20.2 Å². The average molecular weight is 326 g/mol. The van der Waals surface area contributed by atoms with Crippen molar-refractivity contribution in [2.45, 2.75) is 32.6 Å². The summed E-state index contributed by atoms with van der Waals surface area (Å²) in [4.78, 5) is 22.4. The van der Waals surface area contributed by atoms with Gasteiger partial charge in [0.1, 0.15) is 5.82 Å². The summed E-state index contributed by atoms with van der Waals surface area (Å²) < 4.78 is 0. The zero-order valence-electron chi connectivity index (χ0n) is 13.8. The Morgan fingerprint density at radius 2 is 1.75 bits per heavy atom. The molecule has 0 radical (unpaired) electrons. The molecule has 0 spiro atoms. The number of carbonyl (C=O) groups is 1. The van der Waals surface area contributed by atoms with Gasteiger partial charge in [0.25, 0.3) is 0 Å². The Kier molecular flexibility index (Phi) is 4.93. The molecule has 24 heavy (non-hydrogen) atoms. The number of aryl methyl sites for hydroxylation is 1. The third kappa shape index (κ3) is 4.01. The quantitative estimate of drug-likeness (QED) is 0.893. The van der Waals surface area contributed by atoms with Gasteiger partial charge >= 0.3 is 5.97 Å². The van der Waals surface area contributed by atoms with E-state index in [-0.39, 0.29) is 5.56 Å². The molecule has 126 valence electrons. The molecule has 1 aromatic heterocycles. The van der Waals surface area contributed by atoms with Crippen molar-refractivity contribution in [3.05, 3.63) is 41.6 Å². The van der Waals surface area contributed by atoms with E-state index in [4.69, 9.17) is 5.11 Å². The number of aromatic nitrogens is 2. The highest BCUT2D eigenvalue weighted by molar-refractivity contribution is 5.88. The second kappa shape index (κ2) is 7.29. The average Bonchev–Trinajstić information content (AvgIpc) is 2.84. The molecule has 1 fully saturated rings. The van der Waals surface area contributed by atoms with Crippen molar-refractivity contribution in [3.63, 3.8) is 0 Å². The van der Waals surface area contributed by atoms with Gasteiger partial charge in [0, 0.05) is 30.5 Å². The van der Waals surface area contributed by atoms with Crippen molar-refractivity contribution in [1.29, 1.82) is 0 Å². The molecule has 2 N–H and O–H groups in total. The normalized spacial score (nSPS) is 15.0. The molecule has 6 nitrogen and oxygen atoms in total. The van der Waals surface area contributed by atoms with Crippen molar-refractivity contribution in [2.75, 3.05) is 23.3 Å². The Hall–Kier alpha value is -2.63. The van der Waals surface area contributed by atoms with Crippen LogP contribution in [0.5, 0.6) is 0 Å². The fourth-order valence-electron chi connectivity index (χ4n) is 2.87. The van der Waals surface area contributed by atoms with Gasteiger partial charge in [-0.1, -0.05) is 12.8 Å². The first kappa shape index (κ1) is 16.2. The number of nitrogens with zero attached hydrogens (tertiary/aromatic N) is 3. The lowest BCUT2D eigenvalue weighted by molar-refractivity contribution is 0.0697. The summed E-state index contributed by atoms with van der Waals surface area (Å²) in [5.41, 5.74) is 1.98. The fraction of sp³-hybridized carbons (Fsp3) is 0.389. The maximum Gasteiger partial charge on any atom is 0.335 e. The molecule has 2 heterocycles. The Morgan fingerprint density at radius 3 is 2.38 bits per heavy atom. The van der Waals surface area contributed by atoms with Crippen LogP contribution in [0.3, 0.4) is 0 Å². The molecular weight excluding hydrogens is 304 g/mol. The van der Waals surface area contributed by atoms with E-state index in [1.165, 1.54) is 25.7 Å². The Balaban J connectivity index is 1.79. The molecule has 0 amide bonds. The molecule has 1 aliphatic heterocycles. The monoisotopic (exact) mass is 326 g/mol. The third-order valence-electron chi connectivity index (χ3n) is 4.14. The molecule has 0 saturated carbocycles. The van der Waals surface area contributed by atoms with E-state index in [1.54, 1.807) is 24.3 Å². The highest BCUT2D eigenvalue weighted by Crippen LogP contribution is 2.21. The number of benzene rings is 1. The summed E-state index contributed by atoms with van der Waals surface area (Å²) in [6.45, 7) is 3.95. The smallest absolute Gasteiger partial charge is 0.335 e. The number of nitrogens with one attached hydrogen (secondary N) is 1. The second-order valence-corrected chi connectivity index (χ2v) is 6.10. The van der Waals surface area contributed by atoms with Crippen LogP contribution in [0.25, 0.3) is 0 Å². The van der Waals surface area contributed by atoms with Crippen LogP contribution < -0.4 is 10.2 Å². The number of hydrogen-bond donors (Lipinski definition) is 2. The van der Waals surface area contributed by atoms with Crippen LogP contribution in [0.15, 0.2) is 30.3 Å². The minimum Gasteiger partial charge on any atom is -0.478 e. The number of rotatable bonds is 4. The minimum absolute atomic E-state index is 0.268. The van der Waals surface area contributed by atoms with Crippen molar-refractivity contribution in [2.24, 2.45) is 0 Å². The lowest BCUT2D eigenvalue weighted by atomic mass is 10.2. The largest absolute Gasteiger partial charge is 0.478 e. The molecule has 0 unspecified atom stereocenters. The number of anilines is 3. The minimum atomic E-state index is -0.928. The maximum absolute atomic E-state index is 10.9. The van der Waals surface area contributed by atoms with E-state index < -0.39 is 5.97 Å². The van der Waals surface area contributed by atoms with E-state index >= 15 is 0 Å². The molecule has 0 atom stereocenters. The summed E-state index contributed by atoms with van der Waals surface area (Å²) in [5.74, 6) is 0.564. The van der Waals surface area contributed by atoms with Crippen LogP contribution in [0, 0.1) is 6.92 Å². The van der Waals surface area contributed by atoms with Crippen LogP contribution in [0.1, 0.15) is 41.7 Å². The zero-order chi connectivity index (χ0) is 16.9. The van der Waals surface area contributed by atoms with Gasteiger partial charge in [-0.25, -0.2) is 9.78 Å². The zero-order valence-corrected chi connectivity index (χ0v) is 13.8. The van der Waals surface area contributed by atoms with Crippen LogP contribution in [-0.2, 0) is 0 Å². The van der Waals surface area contributed by atoms with E-state index in [0.717, 1.165) is 36.2 Å². The highest BCUT2D eigenvalue weighted by Gasteiger charge is 2.14. The Labute approximate surface area is 141 Å². The molecule has 0 aliphatic carbocycles. The SMILES string of the molecule is Cc1cc(Nc2ccc(C(=O)O)cc2)nc(N2CCCCCC2)n1. The van der Waals surface area contributed by atoms with Crippen molar-refractivity contribution >= 4 is 23.4 Å². The summed E-state index contributed by atoms with van der Waals surface area (Å²) in [7, 11) is 0. The third-order valence-corrected chi connectivity index (χ3v) is 4.14. The predicted molar refractivity (Wildman–Crippen MR) is 94.1 cm³/mol. The molecule has 6 heteroatoms. The summed E-state index contributed by atoms with van der Waals surface area (Å²) in [6, 6.07) is 8.54. The van der Waals surface area contributed by atoms with Gasteiger partial charge in [0.05, 0.1) is 5.56 Å². The number of aromatic carboxylic acids is 1. The molecule has 3 rings (SSSR count). The van der Waals surface area contributed by atoms with E-state index in [9.17, 15) is 4.79 Å². The molecular formula is C18H22N4O2. The maximum atomic E-state index is 10.9. The fourth-order valence-corrected chi connectivity index (χ4v) is 2.87. The molecule has 1 aromatic carbocycles.